The van der Waals surface area contributed by atoms with Crippen molar-refractivity contribution >= 4 is 104 Å². The van der Waals surface area contributed by atoms with Crippen LogP contribution in [0.4, 0.5) is 17.1 Å². The lowest BCUT2D eigenvalue weighted by atomic mass is 9.89. The van der Waals surface area contributed by atoms with Crippen LogP contribution in [-0.4, -0.2) is 0 Å². The summed E-state index contributed by atoms with van der Waals surface area (Å²) in [5.41, 5.74) is 9.60. The Morgan fingerprint density at radius 3 is 1.42 bits per heavy atom. The summed E-state index contributed by atoms with van der Waals surface area (Å²) in [6, 6.07) is 81.7. The molecule has 12 aromatic carbocycles. The number of rotatable bonds is 5. The molecule has 0 aliphatic rings. The molecular weight excluding hydrogens is 751 g/mol. The molecule has 0 radical (unpaired) electrons. The van der Waals surface area contributed by atoms with Gasteiger partial charge in [0.25, 0.3) is 0 Å². The summed E-state index contributed by atoms with van der Waals surface area (Å²) in [6.45, 7) is 0. The van der Waals surface area contributed by atoms with Gasteiger partial charge in [-0.3, -0.25) is 0 Å². The molecule has 288 valence electrons. The molecule has 0 atom stereocenters. The standard InChI is InChI=1S/C60H37NO/c1-2-14-38(15-3-1)39-26-28-42(29-27-39)61(43-30-32-53-50-23-10-9-21-48(50)49-22-11-12-24-51(49)55(53)36-43)44-31-33-54-57-35-41-17-5-7-19-46(41)59(60(57)62-58(54)37-44)56-34-40-16-4-6-18-45(40)47-20-8-13-25-52(47)56/h1-37H. The Labute approximate surface area is 358 Å². The summed E-state index contributed by atoms with van der Waals surface area (Å²) in [7, 11) is 0. The number of anilines is 3. The molecule has 0 unspecified atom stereocenters. The van der Waals surface area contributed by atoms with Crippen molar-refractivity contribution in [3.05, 3.63) is 224 Å². The van der Waals surface area contributed by atoms with Crippen molar-refractivity contribution in [3.63, 3.8) is 0 Å². The lowest BCUT2D eigenvalue weighted by Crippen LogP contribution is -2.09. The summed E-state index contributed by atoms with van der Waals surface area (Å²) < 4.78 is 7.20. The first-order chi connectivity index (χ1) is 30.7. The van der Waals surface area contributed by atoms with Crippen LogP contribution in [0.2, 0.25) is 0 Å². The van der Waals surface area contributed by atoms with Crippen molar-refractivity contribution in [3.8, 4) is 22.3 Å². The van der Waals surface area contributed by atoms with E-state index < -0.39 is 0 Å². The topological polar surface area (TPSA) is 16.4 Å². The largest absolute Gasteiger partial charge is 0.455 e. The summed E-state index contributed by atoms with van der Waals surface area (Å²) in [5, 5.41) is 17.0. The molecule has 0 amide bonds. The second kappa shape index (κ2) is 13.7. The van der Waals surface area contributed by atoms with Crippen LogP contribution in [0.25, 0.3) is 109 Å². The molecule has 0 saturated carbocycles. The molecule has 0 aliphatic heterocycles. The minimum atomic E-state index is 0.849. The first-order valence-corrected chi connectivity index (χ1v) is 21.3. The van der Waals surface area contributed by atoms with Gasteiger partial charge in [-0.25, -0.2) is 0 Å². The van der Waals surface area contributed by atoms with E-state index in [1.807, 2.05) is 0 Å². The average Bonchev–Trinajstić information content (AvgIpc) is 3.71. The first kappa shape index (κ1) is 34.6. The molecule has 0 spiro atoms. The molecule has 2 nitrogen and oxygen atoms in total. The molecule has 0 bridgehead atoms. The molecular formula is C60H37NO. The van der Waals surface area contributed by atoms with Gasteiger partial charge in [0.1, 0.15) is 11.2 Å². The van der Waals surface area contributed by atoms with Crippen LogP contribution < -0.4 is 4.90 Å². The van der Waals surface area contributed by atoms with E-state index in [2.05, 4.69) is 229 Å². The minimum absolute atomic E-state index is 0.849. The van der Waals surface area contributed by atoms with Crippen molar-refractivity contribution in [2.45, 2.75) is 0 Å². The van der Waals surface area contributed by atoms with Gasteiger partial charge in [0.2, 0.25) is 0 Å². The molecule has 0 aliphatic carbocycles. The zero-order valence-electron chi connectivity index (χ0n) is 33.7. The quantitative estimate of drug-likeness (QED) is 0.162. The summed E-state index contributed by atoms with van der Waals surface area (Å²) >= 11 is 0. The second-order valence-electron chi connectivity index (χ2n) is 16.4. The summed E-state index contributed by atoms with van der Waals surface area (Å²) in [5.74, 6) is 0. The maximum atomic E-state index is 7.20. The van der Waals surface area contributed by atoms with Crippen molar-refractivity contribution in [1.29, 1.82) is 0 Å². The second-order valence-corrected chi connectivity index (χ2v) is 16.4. The number of hydrogen-bond acceptors (Lipinski definition) is 2. The van der Waals surface area contributed by atoms with Crippen molar-refractivity contribution in [2.75, 3.05) is 4.90 Å². The third-order valence-corrected chi connectivity index (χ3v) is 13.0. The number of furan rings is 1. The zero-order valence-corrected chi connectivity index (χ0v) is 33.7. The molecule has 0 saturated heterocycles. The fourth-order valence-corrected chi connectivity index (χ4v) is 10.1. The maximum absolute atomic E-state index is 7.20. The number of fused-ring (bicyclic) bond motifs is 13. The van der Waals surface area contributed by atoms with Crippen LogP contribution in [-0.2, 0) is 0 Å². The van der Waals surface area contributed by atoms with Gasteiger partial charge in [-0.2, -0.15) is 0 Å². The normalized spacial score (nSPS) is 11.9. The van der Waals surface area contributed by atoms with Crippen molar-refractivity contribution in [1.82, 2.24) is 0 Å². The van der Waals surface area contributed by atoms with E-state index in [1.165, 1.54) is 81.3 Å². The van der Waals surface area contributed by atoms with E-state index in [9.17, 15) is 0 Å². The predicted octanol–water partition coefficient (Wildman–Crippen LogP) is 17.3. The van der Waals surface area contributed by atoms with Gasteiger partial charge in [-0.15, -0.1) is 0 Å². The number of nitrogens with zero attached hydrogens (tertiary/aromatic N) is 1. The Bertz CT molecular complexity index is 3880. The monoisotopic (exact) mass is 787 g/mol. The van der Waals surface area contributed by atoms with Gasteiger partial charge in [0, 0.05) is 39.5 Å². The van der Waals surface area contributed by atoms with Gasteiger partial charge in [0.15, 0.2) is 0 Å². The van der Waals surface area contributed by atoms with Gasteiger partial charge < -0.3 is 9.32 Å². The van der Waals surface area contributed by atoms with E-state index in [1.54, 1.807) is 0 Å². The molecule has 0 N–H and O–H groups in total. The van der Waals surface area contributed by atoms with Gasteiger partial charge >= 0.3 is 0 Å². The molecule has 13 aromatic rings. The van der Waals surface area contributed by atoms with E-state index in [-0.39, 0.29) is 0 Å². The number of benzene rings is 12. The fraction of sp³-hybridized carbons (Fsp3) is 0. The van der Waals surface area contributed by atoms with Crippen LogP contribution in [0.3, 0.4) is 0 Å². The molecule has 1 aromatic heterocycles. The van der Waals surface area contributed by atoms with Crippen molar-refractivity contribution < 1.29 is 4.42 Å². The van der Waals surface area contributed by atoms with Crippen LogP contribution >= 0.6 is 0 Å². The Morgan fingerprint density at radius 1 is 0.274 bits per heavy atom. The fourth-order valence-electron chi connectivity index (χ4n) is 10.1. The predicted molar refractivity (Wildman–Crippen MR) is 264 cm³/mol. The summed E-state index contributed by atoms with van der Waals surface area (Å²) in [4.78, 5) is 2.37. The van der Waals surface area contributed by atoms with Gasteiger partial charge in [-0.1, -0.05) is 170 Å². The van der Waals surface area contributed by atoms with Crippen molar-refractivity contribution in [2.24, 2.45) is 0 Å². The lowest BCUT2D eigenvalue weighted by Gasteiger charge is -2.26. The summed E-state index contributed by atoms with van der Waals surface area (Å²) in [6.07, 6.45) is 0. The third-order valence-electron chi connectivity index (χ3n) is 13.0. The minimum Gasteiger partial charge on any atom is -0.455 e. The molecule has 1 heterocycles. The Morgan fingerprint density at radius 2 is 0.742 bits per heavy atom. The average molecular weight is 788 g/mol. The molecule has 2 heteroatoms. The first-order valence-electron chi connectivity index (χ1n) is 21.3. The zero-order chi connectivity index (χ0) is 40.7. The smallest absolute Gasteiger partial charge is 0.143 e. The van der Waals surface area contributed by atoms with Crippen LogP contribution in [0, 0.1) is 0 Å². The van der Waals surface area contributed by atoms with Gasteiger partial charge in [-0.05, 0) is 130 Å². The Kier molecular flexibility index (Phi) is 7.64. The number of hydrogen-bond donors (Lipinski definition) is 0. The van der Waals surface area contributed by atoms with E-state index in [0.29, 0.717) is 0 Å². The Hall–Kier alpha value is -8.20. The van der Waals surface area contributed by atoms with Crippen LogP contribution in [0.15, 0.2) is 229 Å². The highest BCUT2D eigenvalue weighted by Crippen LogP contribution is 2.47. The maximum Gasteiger partial charge on any atom is 0.143 e. The Balaban J connectivity index is 1.06. The highest BCUT2D eigenvalue weighted by atomic mass is 16.3. The lowest BCUT2D eigenvalue weighted by molar-refractivity contribution is 0.670. The van der Waals surface area contributed by atoms with E-state index in [4.69, 9.17) is 4.42 Å². The third kappa shape index (κ3) is 5.30. The van der Waals surface area contributed by atoms with E-state index in [0.717, 1.165) is 44.6 Å². The highest BCUT2D eigenvalue weighted by molar-refractivity contribution is 6.26. The molecule has 13 rings (SSSR count). The highest BCUT2D eigenvalue weighted by Gasteiger charge is 2.22. The molecule has 0 fully saturated rings. The van der Waals surface area contributed by atoms with Crippen LogP contribution in [0.5, 0.6) is 0 Å². The van der Waals surface area contributed by atoms with Crippen LogP contribution in [0.1, 0.15) is 0 Å². The van der Waals surface area contributed by atoms with Gasteiger partial charge in [0.05, 0.1) is 0 Å². The SMILES string of the molecule is c1ccc(-c2ccc(N(c3ccc4c(c3)oc3c(-c5cc6ccccc6c6ccccc56)c5ccccc5cc34)c3ccc4c5ccccc5c5ccccc5c4c3)cc2)cc1. The molecule has 62 heavy (non-hydrogen) atoms. The van der Waals surface area contributed by atoms with E-state index >= 15 is 0 Å².